The maximum atomic E-state index is 10.4. The Morgan fingerprint density at radius 3 is 2.75 bits per heavy atom. The van der Waals surface area contributed by atoms with Gasteiger partial charge in [0, 0.05) is 5.56 Å². The van der Waals surface area contributed by atoms with Crippen LogP contribution >= 0.6 is 23.1 Å². The first-order valence-electron chi connectivity index (χ1n) is 4.49. The van der Waals surface area contributed by atoms with Crippen LogP contribution in [0.5, 0.6) is 0 Å². The van der Waals surface area contributed by atoms with Crippen LogP contribution in [0.4, 0.5) is 0 Å². The zero-order valence-corrected chi connectivity index (χ0v) is 9.79. The molecule has 1 aromatic heterocycles. The van der Waals surface area contributed by atoms with Gasteiger partial charge in [0.05, 0.1) is 5.75 Å². The van der Waals surface area contributed by atoms with Gasteiger partial charge in [0.2, 0.25) is 0 Å². The van der Waals surface area contributed by atoms with Crippen LogP contribution < -0.4 is 0 Å². The standard InChI is InChI=1S/C10H8N2O2S2/c13-8(14)6-15-10-12-11-9(16-10)7-4-2-1-3-5-7/h1-5H,6H2,(H,13,14). The molecule has 0 spiro atoms. The van der Waals surface area contributed by atoms with Crippen molar-refractivity contribution >= 4 is 29.1 Å². The Hall–Kier alpha value is -1.40. The van der Waals surface area contributed by atoms with Crippen LogP contribution in [0, 0.1) is 0 Å². The van der Waals surface area contributed by atoms with E-state index in [-0.39, 0.29) is 5.75 Å². The van der Waals surface area contributed by atoms with E-state index in [2.05, 4.69) is 10.2 Å². The third-order valence-electron chi connectivity index (χ3n) is 1.75. The van der Waals surface area contributed by atoms with Gasteiger partial charge in [-0.25, -0.2) is 0 Å². The van der Waals surface area contributed by atoms with Gasteiger partial charge in [-0.3, -0.25) is 4.79 Å². The molecule has 1 N–H and O–H groups in total. The van der Waals surface area contributed by atoms with Gasteiger partial charge in [0.15, 0.2) is 4.34 Å². The number of benzene rings is 1. The van der Waals surface area contributed by atoms with Crippen LogP contribution in [-0.4, -0.2) is 27.0 Å². The second-order valence-electron chi connectivity index (χ2n) is 2.92. The SMILES string of the molecule is O=C(O)CSc1nnc(-c2ccccc2)s1. The van der Waals surface area contributed by atoms with E-state index in [1.165, 1.54) is 23.1 Å². The fraction of sp³-hybridized carbons (Fsp3) is 0.100. The number of carboxylic acid groups (broad SMARTS) is 1. The first kappa shape index (κ1) is 11.1. The summed E-state index contributed by atoms with van der Waals surface area (Å²) in [6.45, 7) is 0. The van der Waals surface area contributed by atoms with Crippen LogP contribution in [0.25, 0.3) is 10.6 Å². The molecule has 0 saturated carbocycles. The molecule has 0 fully saturated rings. The zero-order chi connectivity index (χ0) is 11.4. The van der Waals surface area contributed by atoms with E-state index in [0.29, 0.717) is 4.34 Å². The summed E-state index contributed by atoms with van der Waals surface area (Å²) in [5.74, 6) is -0.829. The van der Waals surface area contributed by atoms with E-state index in [0.717, 1.165) is 10.6 Å². The minimum Gasteiger partial charge on any atom is -0.481 e. The van der Waals surface area contributed by atoms with Crippen LogP contribution in [0.2, 0.25) is 0 Å². The lowest BCUT2D eigenvalue weighted by Crippen LogP contribution is -1.96. The average Bonchev–Trinajstić information content (AvgIpc) is 2.76. The zero-order valence-electron chi connectivity index (χ0n) is 8.16. The van der Waals surface area contributed by atoms with Gasteiger partial charge >= 0.3 is 5.97 Å². The highest BCUT2D eigenvalue weighted by Gasteiger charge is 2.08. The lowest BCUT2D eigenvalue weighted by Gasteiger charge is -1.91. The van der Waals surface area contributed by atoms with Crippen molar-refractivity contribution in [2.24, 2.45) is 0 Å². The molecule has 0 unspecified atom stereocenters. The predicted molar refractivity (Wildman–Crippen MR) is 63.7 cm³/mol. The molecule has 0 saturated heterocycles. The van der Waals surface area contributed by atoms with Crippen molar-refractivity contribution < 1.29 is 9.90 Å². The van der Waals surface area contributed by atoms with Crippen molar-refractivity contribution in [2.75, 3.05) is 5.75 Å². The summed E-state index contributed by atoms with van der Waals surface area (Å²) in [5.41, 5.74) is 1.00. The molecule has 1 aromatic carbocycles. The monoisotopic (exact) mass is 252 g/mol. The van der Waals surface area contributed by atoms with Gasteiger partial charge < -0.3 is 5.11 Å². The number of nitrogens with zero attached hydrogens (tertiary/aromatic N) is 2. The number of carboxylic acids is 1. The number of hydrogen-bond donors (Lipinski definition) is 1. The smallest absolute Gasteiger partial charge is 0.313 e. The van der Waals surface area contributed by atoms with Crippen molar-refractivity contribution in [1.82, 2.24) is 10.2 Å². The lowest BCUT2D eigenvalue weighted by atomic mass is 10.2. The normalized spacial score (nSPS) is 10.2. The predicted octanol–water partition coefficient (Wildman–Crippen LogP) is 2.38. The lowest BCUT2D eigenvalue weighted by molar-refractivity contribution is -0.133. The summed E-state index contributed by atoms with van der Waals surface area (Å²) < 4.78 is 0.682. The average molecular weight is 252 g/mol. The minimum absolute atomic E-state index is 0.0173. The molecule has 4 nitrogen and oxygen atoms in total. The third kappa shape index (κ3) is 2.80. The van der Waals surface area contributed by atoms with E-state index >= 15 is 0 Å². The molecule has 1 heterocycles. The molecule has 0 amide bonds. The topological polar surface area (TPSA) is 63.1 Å². The van der Waals surface area contributed by atoms with E-state index in [1.807, 2.05) is 30.3 Å². The Balaban J connectivity index is 2.11. The fourth-order valence-electron chi connectivity index (χ4n) is 1.09. The summed E-state index contributed by atoms with van der Waals surface area (Å²) in [6, 6.07) is 9.70. The first-order valence-corrected chi connectivity index (χ1v) is 6.29. The highest BCUT2D eigenvalue weighted by atomic mass is 32.2. The molecule has 16 heavy (non-hydrogen) atoms. The fourth-order valence-corrected chi connectivity index (χ4v) is 2.67. The highest BCUT2D eigenvalue weighted by Crippen LogP contribution is 2.28. The Morgan fingerprint density at radius 2 is 2.06 bits per heavy atom. The van der Waals surface area contributed by atoms with Gasteiger partial charge in [0.1, 0.15) is 5.01 Å². The largest absolute Gasteiger partial charge is 0.481 e. The van der Waals surface area contributed by atoms with E-state index < -0.39 is 5.97 Å². The molecule has 0 aliphatic rings. The second-order valence-corrected chi connectivity index (χ2v) is 5.12. The van der Waals surface area contributed by atoms with E-state index in [4.69, 9.17) is 5.11 Å². The molecular weight excluding hydrogens is 244 g/mol. The molecule has 82 valence electrons. The summed E-state index contributed by atoms with van der Waals surface area (Å²) in [4.78, 5) is 10.4. The minimum atomic E-state index is -0.846. The Labute approximate surface area is 100 Å². The van der Waals surface area contributed by atoms with Gasteiger partial charge in [-0.05, 0) is 0 Å². The second kappa shape index (κ2) is 5.09. The third-order valence-corrected chi connectivity index (χ3v) is 3.84. The maximum absolute atomic E-state index is 10.4. The number of rotatable bonds is 4. The molecule has 0 aliphatic heterocycles. The van der Waals surface area contributed by atoms with E-state index in [1.54, 1.807) is 0 Å². The van der Waals surface area contributed by atoms with Crippen molar-refractivity contribution in [1.29, 1.82) is 0 Å². The van der Waals surface area contributed by atoms with E-state index in [9.17, 15) is 4.79 Å². The van der Waals surface area contributed by atoms with Crippen molar-refractivity contribution in [2.45, 2.75) is 4.34 Å². The number of aromatic nitrogens is 2. The summed E-state index contributed by atoms with van der Waals surface area (Å²) in [6.07, 6.45) is 0. The molecular formula is C10H8N2O2S2. The Kier molecular flexibility index (Phi) is 3.53. The van der Waals surface area contributed by atoms with Gasteiger partial charge in [-0.2, -0.15) is 0 Å². The quantitative estimate of drug-likeness (QED) is 0.846. The first-order chi connectivity index (χ1) is 7.75. The van der Waals surface area contributed by atoms with Crippen LogP contribution in [0.15, 0.2) is 34.7 Å². The Morgan fingerprint density at radius 1 is 1.31 bits per heavy atom. The maximum Gasteiger partial charge on any atom is 0.313 e. The number of carbonyl (C=O) groups is 1. The number of aliphatic carboxylic acids is 1. The molecule has 2 rings (SSSR count). The molecule has 2 aromatic rings. The molecule has 0 radical (unpaired) electrons. The van der Waals surface area contributed by atoms with Crippen LogP contribution in [0.3, 0.4) is 0 Å². The van der Waals surface area contributed by atoms with Crippen molar-refractivity contribution in [3.63, 3.8) is 0 Å². The molecule has 0 aliphatic carbocycles. The Bertz CT molecular complexity index is 485. The van der Waals surface area contributed by atoms with Crippen LogP contribution in [0.1, 0.15) is 0 Å². The number of thioether (sulfide) groups is 1. The van der Waals surface area contributed by atoms with Gasteiger partial charge in [-0.1, -0.05) is 53.4 Å². The molecule has 0 bridgehead atoms. The van der Waals surface area contributed by atoms with Crippen molar-refractivity contribution in [3.05, 3.63) is 30.3 Å². The molecule has 6 heteroatoms. The summed E-state index contributed by atoms with van der Waals surface area (Å²) >= 11 is 2.59. The number of hydrogen-bond acceptors (Lipinski definition) is 5. The van der Waals surface area contributed by atoms with Gasteiger partial charge in [-0.15, -0.1) is 10.2 Å². The van der Waals surface area contributed by atoms with Crippen LogP contribution in [-0.2, 0) is 4.79 Å². The summed E-state index contributed by atoms with van der Waals surface area (Å²) in [7, 11) is 0. The molecule has 0 atom stereocenters. The van der Waals surface area contributed by atoms with Gasteiger partial charge in [0.25, 0.3) is 0 Å². The van der Waals surface area contributed by atoms with Crippen molar-refractivity contribution in [3.8, 4) is 10.6 Å². The highest BCUT2D eigenvalue weighted by molar-refractivity contribution is 8.01. The summed E-state index contributed by atoms with van der Waals surface area (Å²) in [5, 5.41) is 17.3.